The van der Waals surface area contributed by atoms with Gasteiger partial charge in [0.25, 0.3) is 11.8 Å². The molecule has 0 unspecified atom stereocenters. The Bertz CT molecular complexity index is 664. The average molecular weight is 268 g/mol. The number of hydrogen-bond acceptors (Lipinski definition) is 5. The number of nitrogen functional groups attached to an aromatic ring is 1. The standard InChI is InChI=1S/C14H12N4O2/c15-17-12-9(4-3-7-16-12)8-18-13(19)10-5-1-2-6-11(10)14(18)20/h1-7H,8,15H2,(H,16,17). The molecular formula is C14H12N4O2. The summed E-state index contributed by atoms with van der Waals surface area (Å²) in [7, 11) is 0. The Morgan fingerprint density at radius 1 is 1.05 bits per heavy atom. The van der Waals surface area contributed by atoms with Crippen LogP contribution < -0.4 is 11.3 Å². The Labute approximate surface area is 115 Å². The topological polar surface area (TPSA) is 88.3 Å². The minimum Gasteiger partial charge on any atom is -0.308 e. The molecule has 3 rings (SSSR count). The lowest BCUT2D eigenvalue weighted by atomic mass is 10.1. The molecule has 2 heterocycles. The zero-order valence-electron chi connectivity index (χ0n) is 10.5. The van der Waals surface area contributed by atoms with Crippen LogP contribution in [0.4, 0.5) is 5.82 Å². The first-order chi connectivity index (χ1) is 9.72. The zero-order chi connectivity index (χ0) is 14.1. The second-order valence-corrected chi connectivity index (χ2v) is 4.40. The van der Waals surface area contributed by atoms with Crippen molar-refractivity contribution < 1.29 is 9.59 Å². The highest BCUT2D eigenvalue weighted by atomic mass is 16.2. The van der Waals surface area contributed by atoms with Crippen molar-refractivity contribution in [1.29, 1.82) is 0 Å². The molecule has 100 valence electrons. The summed E-state index contributed by atoms with van der Waals surface area (Å²) in [4.78, 5) is 29.7. The quantitative estimate of drug-likeness (QED) is 0.495. The molecule has 2 amide bonds. The number of benzene rings is 1. The fourth-order valence-electron chi connectivity index (χ4n) is 2.25. The maximum atomic E-state index is 12.2. The number of nitrogens with one attached hydrogen (secondary N) is 1. The van der Waals surface area contributed by atoms with Gasteiger partial charge in [-0.05, 0) is 18.2 Å². The van der Waals surface area contributed by atoms with E-state index in [0.29, 0.717) is 22.5 Å². The minimum absolute atomic E-state index is 0.139. The van der Waals surface area contributed by atoms with E-state index >= 15 is 0 Å². The third-order valence-corrected chi connectivity index (χ3v) is 3.23. The van der Waals surface area contributed by atoms with Crippen molar-refractivity contribution in [3.05, 3.63) is 59.3 Å². The van der Waals surface area contributed by atoms with Gasteiger partial charge in [-0.25, -0.2) is 10.8 Å². The Morgan fingerprint density at radius 2 is 1.70 bits per heavy atom. The Morgan fingerprint density at radius 3 is 2.30 bits per heavy atom. The number of aromatic nitrogens is 1. The average Bonchev–Trinajstić information content (AvgIpc) is 2.73. The molecule has 0 fully saturated rings. The van der Waals surface area contributed by atoms with Crippen LogP contribution in [-0.2, 0) is 6.54 Å². The lowest BCUT2D eigenvalue weighted by molar-refractivity contribution is 0.0642. The number of pyridine rings is 1. The van der Waals surface area contributed by atoms with Crippen molar-refractivity contribution >= 4 is 17.6 Å². The third kappa shape index (κ3) is 1.83. The van der Waals surface area contributed by atoms with Gasteiger partial charge in [0, 0.05) is 11.8 Å². The van der Waals surface area contributed by atoms with Crippen LogP contribution in [0.3, 0.4) is 0 Å². The monoisotopic (exact) mass is 268 g/mol. The molecule has 1 aromatic carbocycles. The number of hydrogen-bond donors (Lipinski definition) is 2. The summed E-state index contributed by atoms with van der Waals surface area (Å²) in [6.45, 7) is 0.139. The van der Waals surface area contributed by atoms with Gasteiger partial charge in [-0.1, -0.05) is 18.2 Å². The fraction of sp³-hybridized carbons (Fsp3) is 0.0714. The van der Waals surface area contributed by atoms with Gasteiger partial charge in [-0.3, -0.25) is 14.5 Å². The number of amides is 2. The number of rotatable bonds is 3. The van der Waals surface area contributed by atoms with Crippen LogP contribution >= 0.6 is 0 Å². The maximum absolute atomic E-state index is 12.2. The molecule has 0 saturated carbocycles. The summed E-state index contributed by atoms with van der Waals surface area (Å²) in [5.41, 5.74) is 4.01. The molecule has 0 aliphatic carbocycles. The molecule has 3 N–H and O–H groups in total. The second kappa shape index (κ2) is 4.75. The number of nitrogens with zero attached hydrogens (tertiary/aromatic N) is 2. The molecule has 2 aromatic rings. The molecular weight excluding hydrogens is 256 g/mol. The van der Waals surface area contributed by atoms with E-state index in [1.807, 2.05) is 0 Å². The molecule has 1 aliphatic heterocycles. The van der Waals surface area contributed by atoms with Crippen LogP contribution in [0.5, 0.6) is 0 Å². The van der Waals surface area contributed by atoms with Crippen molar-refractivity contribution in [2.45, 2.75) is 6.54 Å². The van der Waals surface area contributed by atoms with Gasteiger partial charge in [-0.15, -0.1) is 0 Å². The van der Waals surface area contributed by atoms with E-state index in [9.17, 15) is 9.59 Å². The van der Waals surface area contributed by atoms with Crippen LogP contribution in [0.2, 0.25) is 0 Å². The van der Waals surface area contributed by atoms with E-state index in [-0.39, 0.29) is 18.4 Å². The smallest absolute Gasteiger partial charge is 0.261 e. The highest BCUT2D eigenvalue weighted by molar-refractivity contribution is 6.21. The van der Waals surface area contributed by atoms with E-state index in [1.165, 1.54) is 4.90 Å². The summed E-state index contributed by atoms with van der Waals surface area (Å²) in [6, 6.07) is 10.3. The van der Waals surface area contributed by atoms with E-state index in [4.69, 9.17) is 5.84 Å². The summed E-state index contributed by atoms with van der Waals surface area (Å²) in [6.07, 6.45) is 1.58. The summed E-state index contributed by atoms with van der Waals surface area (Å²) in [5.74, 6) is 5.24. The number of carbonyl (C=O) groups excluding carboxylic acids is 2. The van der Waals surface area contributed by atoms with E-state index in [1.54, 1.807) is 42.6 Å². The third-order valence-electron chi connectivity index (χ3n) is 3.23. The zero-order valence-corrected chi connectivity index (χ0v) is 10.5. The molecule has 20 heavy (non-hydrogen) atoms. The molecule has 1 aliphatic rings. The number of fused-ring (bicyclic) bond motifs is 1. The van der Waals surface area contributed by atoms with Gasteiger partial charge >= 0.3 is 0 Å². The number of imide groups is 1. The molecule has 1 aromatic heterocycles. The Kier molecular flexibility index (Phi) is 2.92. The Balaban J connectivity index is 1.94. The summed E-state index contributed by atoms with van der Waals surface area (Å²) >= 11 is 0. The van der Waals surface area contributed by atoms with Crippen LogP contribution in [-0.4, -0.2) is 21.7 Å². The highest BCUT2D eigenvalue weighted by Gasteiger charge is 2.35. The molecule has 0 spiro atoms. The predicted molar refractivity (Wildman–Crippen MR) is 72.7 cm³/mol. The molecule has 0 radical (unpaired) electrons. The Hall–Kier alpha value is -2.73. The SMILES string of the molecule is NNc1ncccc1CN1C(=O)c2ccccc2C1=O. The second-order valence-electron chi connectivity index (χ2n) is 4.40. The first kappa shape index (κ1) is 12.3. The van der Waals surface area contributed by atoms with Crippen LogP contribution in [0.25, 0.3) is 0 Å². The van der Waals surface area contributed by atoms with Crippen LogP contribution in [0, 0.1) is 0 Å². The number of anilines is 1. The minimum atomic E-state index is -0.294. The predicted octanol–water partition coefficient (Wildman–Crippen LogP) is 1.16. The number of hydrazine groups is 1. The van der Waals surface area contributed by atoms with Gasteiger partial charge in [0.15, 0.2) is 0 Å². The molecule has 6 heteroatoms. The van der Waals surface area contributed by atoms with Gasteiger partial charge in [0.1, 0.15) is 5.82 Å². The lowest BCUT2D eigenvalue weighted by Crippen LogP contribution is -2.29. The van der Waals surface area contributed by atoms with E-state index < -0.39 is 0 Å². The van der Waals surface area contributed by atoms with Crippen LogP contribution in [0.1, 0.15) is 26.3 Å². The highest BCUT2D eigenvalue weighted by Crippen LogP contribution is 2.25. The van der Waals surface area contributed by atoms with Gasteiger partial charge in [0.2, 0.25) is 0 Å². The number of carbonyl (C=O) groups is 2. The van der Waals surface area contributed by atoms with E-state index in [2.05, 4.69) is 10.4 Å². The van der Waals surface area contributed by atoms with Crippen molar-refractivity contribution in [3.8, 4) is 0 Å². The normalized spacial score (nSPS) is 13.6. The maximum Gasteiger partial charge on any atom is 0.261 e. The van der Waals surface area contributed by atoms with Crippen LogP contribution in [0.15, 0.2) is 42.6 Å². The molecule has 0 atom stereocenters. The first-order valence-corrected chi connectivity index (χ1v) is 6.08. The molecule has 0 saturated heterocycles. The first-order valence-electron chi connectivity index (χ1n) is 6.08. The summed E-state index contributed by atoms with van der Waals surface area (Å²) < 4.78 is 0. The fourth-order valence-corrected chi connectivity index (χ4v) is 2.25. The van der Waals surface area contributed by atoms with Crippen molar-refractivity contribution in [2.75, 3.05) is 5.43 Å². The van der Waals surface area contributed by atoms with Gasteiger partial charge in [0.05, 0.1) is 17.7 Å². The largest absolute Gasteiger partial charge is 0.308 e. The van der Waals surface area contributed by atoms with Gasteiger partial charge < -0.3 is 5.43 Å². The van der Waals surface area contributed by atoms with Gasteiger partial charge in [-0.2, -0.15) is 0 Å². The number of nitrogens with two attached hydrogens (primary N) is 1. The lowest BCUT2D eigenvalue weighted by Gasteiger charge is -2.15. The molecule has 6 nitrogen and oxygen atoms in total. The molecule has 0 bridgehead atoms. The van der Waals surface area contributed by atoms with Crippen molar-refractivity contribution in [1.82, 2.24) is 9.88 Å². The van der Waals surface area contributed by atoms with Crippen molar-refractivity contribution in [3.63, 3.8) is 0 Å². The summed E-state index contributed by atoms with van der Waals surface area (Å²) in [5, 5.41) is 0. The van der Waals surface area contributed by atoms with Crippen molar-refractivity contribution in [2.24, 2.45) is 5.84 Å². The van der Waals surface area contributed by atoms with E-state index in [0.717, 1.165) is 0 Å².